The van der Waals surface area contributed by atoms with Crippen LogP contribution in [-0.4, -0.2) is 13.1 Å². The number of fused-ring (bicyclic) bond motifs is 1. The van der Waals surface area contributed by atoms with Gasteiger partial charge in [0.1, 0.15) is 0 Å². The maximum atomic E-state index is 3.45. The van der Waals surface area contributed by atoms with Crippen molar-refractivity contribution in [2.24, 2.45) is 5.92 Å². The fourth-order valence-electron chi connectivity index (χ4n) is 3.02. The monoisotopic (exact) mass is 235 g/mol. The largest absolute Gasteiger partial charge is 0.317 e. The normalized spacial score (nSPS) is 22.0. The van der Waals surface area contributed by atoms with E-state index in [4.69, 9.17) is 0 Å². The van der Waals surface area contributed by atoms with E-state index in [0.29, 0.717) is 0 Å². The van der Waals surface area contributed by atoms with Crippen LogP contribution in [0.25, 0.3) is 0 Å². The molecule has 0 unspecified atom stereocenters. The average molecular weight is 235 g/mol. The third-order valence-corrected chi connectivity index (χ3v) is 5.26. The molecule has 0 atom stereocenters. The summed E-state index contributed by atoms with van der Waals surface area (Å²) in [6, 6.07) is 2.52. The van der Waals surface area contributed by atoms with Crippen LogP contribution in [0.3, 0.4) is 0 Å². The van der Waals surface area contributed by atoms with Crippen molar-refractivity contribution in [1.82, 2.24) is 5.32 Å². The lowest BCUT2D eigenvalue weighted by Crippen LogP contribution is -2.28. The number of thiophene rings is 1. The van der Waals surface area contributed by atoms with Crippen LogP contribution in [0.15, 0.2) is 6.07 Å². The number of hydrogen-bond acceptors (Lipinski definition) is 2. The van der Waals surface area contributed by atoms with Crippen LogP contribution in [-0.2, 0) is 19.3 Å². The summed E-state index contributed by atoms with van der Waals surface area (Å²) in [5, 5.41) is 3.45. The maximum absolute atomic E-state index is 3.45. The molecule has 0 bridgehead atoms. The van der Waals surface area contributed by atoms with Gasteiger partial charge in [-0.3, -0.25) is 0 Å². The third-order valence-electron chi connectivity index (χ3n) is 4.00. The minimum absolute atomic E-state index is 0.946. The van der Waals surface area contributed by atoms with E-state index in [2.05, 4.69) is 22.7 Å². The number of aryl methyl sites for hydroxylation is 2. The second-order valence-corrected chi connectivity index (χ2v) is 6.49. The van der Waals surface area contributed by atoms with Crippen LogP contribution < -0.4 is 5.32 Å². The van der Waals surface area contributed by atoms with Crippen LogP contribution in [0, 0.1) is 5.92 Å². The first-order valence-corrected chi connectivity index (χ1v) is 7.54. The Bertz CT molecular complexity index is 326. The number of nitrogens with one attached hydrogen (secondary N) is 1. The van der Waals surface area contributed by atoms with Crippen LogP contribution >= 0.6 is 11.3 Å². The van der Waals surface area contributed by atoms with Crippen molar-refractivity contribution in [2.75, 3.05) is 13.1 Å². The molecule has 1 nitrogen and oxygen atoms in total. The fourth-order valence-corrected chi connectivity index (χ4v) is 4.40. The van der Waals surface area contributed by atoms with Gasteiger partial charge in [0.2, 0.25) is 0 Å². The Labute approximate surface area is 102 Å². The van der Waals surface area contributed by atoms with Gasteiger partial charge in [-0.1, -0.05) is 0 Å². The highest BCUT2D eigenvalue weighted by atomic mass is 32.1. The maximum Gasteiger partial charge on any atom is 0.00801 e. The van der Waals surface area contributed by atoms with Gasteiger partial charge in [0.15, 0.2) is 0 Å². The van der Waals surface area contributed by atoms with Crippen molar-refractivity contribution in [3.63, 3.8) is 0 Å². The molecule has 1 aliphatic carbocycles. The number of hydrogen-bond donors (Lipinski definition) is 1. The summed E-state index contributed by atoms with van der Waals surface area (Å²) in [4.78, 5) is 3.37. The van der Waals surface area contributed by atoms with E-state index in [-0.39, 0.29) is 0 Å². The van der Waals surface area contributed by atoms with E-state index < -0.39 is 0 Å². The molecule has 0 amide bonds. The highest BCUT2D eigenvalue weighted by Crippen LogP contribution is 2.32. The Kier molecular flexibility index (Phi) is 3.30. The van der Waals surface area contributed by atoms with Crippen molar-refractivity contribution in [2.45, 2.75) is 44.9 Å². The molecule has 0 saturated carbocycles. The quantitative estimate of drug-likeness (QED) is 0.830. The van der Waals surface area contributed by atoms with E-state index in [1.54, 1.807) is 15.3 Å². The van der Waals surface area contributed by atoms with E-state index in [1.165, 1.54) is 58.0 Å². The first-order valence-electron chi connectivity index (χ1n) is 6.73. The average Bonchev–Trinajstić information content (AvgIpc) is 2.72. The summed E-state index contributed by atoms with van der Waals surface area (Å²) < 4.78 is 0. The van der Waals surface area contributed by atoms with E-state index in [0.717, 1.165) is 5.92 Å². The van der Waals surface area contributed by atoms with Crippen LogP contribution in [0.1, 0.15) is 41.0 Å². The summed E-state index contributed by atoms with van der Waals surface area (Å²) in [5.74, 6) is 0.946. The van der Waals surface area contributed by atoms with Crippen LogP contribution in [0.2, 0.25) is 0 Å². The Morgan fingerprint density at radius 3 is 2.81 bits per heavy atom. The molecule has 2 aliphatic rings. The summed E-state index contributed by atoms with van der Waals surface area (Å²) in [7, 11) is 0. The van der Waals surface area contributed by atoms with Gasteiger partial charge >= 0.3 is 0 Å². The summed E-state index contributed by atoms with van der Waals surface area (Å²) in [6.45, 7) is 2.46. The molecule has 16 heavy (non-hydrogen) atoms. The van der Waals surface area contributed by atoms with Gasteiger partial charge in [-0.2, -0.15) is 0 Å². The first kappa shape index (κ1) is 10.8. The molecular weight excluding hydrogens is 214 g/mol. The predicted molar refractivity (Wildman–Crippen MR) is 70.3 cm³/mol. The van der Waals surface area contributed by atoms with Gasteiger partial charge in [-0.15, -0.1) is 11.3 Å². The van der Waals surface area contributed by atoms with Gasteiger partial charge in [-0.05, 0) is 75.6 Å². The van der Waals surface area contributed by atoms with Crippen LogP contribution in [0.5, 0.6) is 0 Å². The van der Waals surface area contributed by atoms with Crippen molar-refractivity contribution in [1.29, 1.82) is 0 Å². The van der Waals surface area contributed by atoms with Gasteiger partial charge in [0.25, 0.3) is 0 Å². The minimum atomic E-state index is 0.946. The highest BCUT2D eigenvalue weighted by molar-refractivity contribution is 7.12. The Hall–Kier alpha value is -0.340. The Morgan fingerprint density at radius 2 is 2.00 bits per heavy atom. The summed E-state index contributed by atoms with van der Waals surface area (Å²) in [5.41, 5.74) is 1.68. The second-order valence-electron chi connectivity index (χ2n) is 5.27. The topological polar surface area (TPSA) is 12.0 Å². The zero-order valence-electron chi connectivity index (χ0n) is 9.93. The van der Waals surface area contributed by atoms with Crippen LogP contribution in [0.4, 0.5) is 0 Å². The molecule has 1 aromatic rings. The SMILES string of the molecule is c1c(CC2CCNCC2)sc2c1CCCC2. The molecule has 1 aromatic heterocycles. The van der Waals surface area contributed by atoms with Crippen molar-refractivity contribution in [3.05, 3.63) is 21.4 Å². The molecule has 2 heterocycles. The lowest BCUT2D eigenvalue weighted by atomic mass is 9.93. The highest BCUT2D eigenvalue weighted by Gasteiger charge is 2.17. The Morgan fingerprint density at radius 1 is 1.19 bits per heavy atom. The molecule has 2 heteroatoms. The third kappa shape index (κ3) is 2.33. The minimum Gasteiger partial charge on any atom is -0.317 e. The molecular formula is C14H21NS. The van der Waals surface area contributed by atoms with Gasteiger partial charge in [0.05, 0.1) is 0 Å². The summed E-state index contributed by atoms with van der Waals surface area (Å²) >= 11 is 2.11. The number of rotatable bonds is 2. The molecule has 3 rings (SSSR count). The molecule has 1 N–H and O–H groups in total. The lowest BCUT2D eigenvalue weighted by molar-refractivity contribution is 0.374. The van der Waals surface area contributed by atoms with Crippen molar-refractivity contribution in [3.8, 4) is 0 Å². The van der Waals surface area contributed by atoms with E-state index in [1.807, 2.05) is 0 Å². The molecule has 88 valence electrons. The van der Waals surface area contributed by atoms with Crippen molar-refractivity contribution >= 4 is 11.3 Å². The van der Waals surface area contributed by atoms with E-state index in [9.17, 15) is 0 Å². The Balaban J connectivity index is 1.67. The fraction of sp³-hybridized carbons (Fsp3) is 0.714. The lowest BCUT2D eigenvalue weighted by Gasteiger charge is -2.21. The molecule has 1 aliphatic heterocycles. The van der Waals surface area contributed by atoms with E-state index >= 15 is 0 Å². The smallest absolute Gasteiger partial charge is 0.00801 e. The van der Waals surface area contributed by atoms with Gasteiger partial charge in [0, 0.05) is 9.75 Å². The van der Waals surface area contributed by atoms with Crippen molar-refractivity contribution < 1.29 is 0 Å². The van der Waals surface area contributed by atoms with Gasteiger partial charge < -0.3 is 5.32 Å². The first-order chi connectivity index (χ1) is 7.92. The zero-order valence-corrected chi connectivity index (χ0v) is 10.7. The standard InChI is InChI=1S/C14H21NS/c1-2-4-14-12(3-1)10-13(16-14)9-11-5-7-15-8-6-11/h10-11,15H,1-9H2. The molecule has 1 fully saturated rings. The summed E-state index contributed by atoms with van der Waals surface area (Å²) in [6.07, 6.45) is 9.63. The second kappa shape index (κ2) is 4.89. The molecule has 0 spiro atoms. The molecule has 0 radical (unpaired) electrons. The molecule has 1 saturated heterocycles. The zero-order chi connectivity index (χ0) is 10.8. The number of piperidine rings is 1. The predicted octanol–water partition coefficient (Wildman–Crippen LogP) is 3.17. The molecule has 0 aromatic carbocycles. The van der Waals surface area contributed by atoms with Gasteiger partial charge in [-0.25, -0.2) is 0 Å².